The molecule has 3 aromatic rings. The number of allylic oxidation sites excluding steroid dienone is 1. The van der Waals surface area contributed by atoms with Crippen molar-refractivity contribution in [2.75, 3.05) is 7.11 Å². The van der Waals surface area contributed by atoms with Crippen LogP contribution in [-0.2, 0) is 0 Å². The summed E-state index contributed by atoms with van der Waals surface area (Å²) in [5.41, 5.74) is 2.91. The van der Waals surface area contributed by atoms with E-state index >= 15 is 0 Å². The summed E-state index contributed by atoms with van der Waals surface area (Å²) in [5.74, 6) is 0.185. The van der Waals surface area contributed by atoms with Crippen LogP contribution in [0.25, 0.3) is 6.08 Å². The summed E-state index contributed by atoms with van der Waals surface area (Å²) in [7, 11) is 1.50. The van der Waals surface area contributed by atoms with Gasteiger partial charge < -0.3 is 9.47 Å². The molecule has 3 aromatic carbocycles. The molecule has 0 aliphatic rings. The van der Waals surface area contributed by atoms with E-state index in [-0.39, 0.29) is 5.78 Å². The maximum absolute atomic E-state index is 12.3. The van der Waals surface area contributed by atoms with Crippen molar-refractivity contribution in [2.45, 2.75) is 6.92 Å². The van der Waals surface area contributed by atoms with Gasteiger partial charge in [0.2, 0.25) is 0 Å². The maximum atomic E-state index is 12.3. The molecule has 0 spiro atoms. The van der Waals surface area contributed by atoms with Gasteiger partial charge in [0.15, 0.2) is 17.3 Å². The number of esters is 1. The molecule has 140 valence electrons. The van der Waals surface area contributed by atoms with E-state index in [9.17, 15) is 9.59 Å². The molecule has 0 aliphatic heterocycles. The van der Waals surface area contributed by atoms with Gasteiger partial charge in [0, 0.05) is 5.56 Å². The number of ketones is 1. The Balaban J connectivity index is 1.75. The van der Waals surface area contributed by atoms with Gasteiger partial charge in [-0.15, -0.1) is 0 Å². The van der Waals surface area contributed by atoms with E-state index < -0.39 is 5.97 Å². The fourth-order valence-corrected chi connectivity index (χ4v) is 2.59. The first-order valence-electron chi connectivity index (χ1n) is 8.81. The summed E-state index contributed by atoms with van der Waals surface area (Å²) >= 11 is 0. The van der Waals surface area contributed by atoms with Crippen molar-refractivity contribution in [2.24, 2.45) is 0 Å². The van der Waals surface area contributed by atoms with Crippen LogP contribution in [0.15, 0.2) is 78.9 Å². The number of methoxy groups -OCH3 is 1. The minimum absolute atomic E-state index is 0.0885. The minimum Gasteiger partial charge on any atom is -0.493 e. The molecule has 0 atom stereocenters. The molecule has 0 unspecified atom stereocenters. The highest BCUT2D eigenvalue weighted by Gasteiger charge is 2.12. The molecule has 0 N–H and O–H groups in total. The number of rotatable bonds is 6. The fraction of sp³-hybridized carbons (Fsp3) is 0.0833. The van der Waals surface area contributed by atoms with Gasteiger partial charge in [-0.05, 0) is 42.8 Å². The molecule has 0 aliphatic carbocycles. The lowest BCUT2D eigenvalue weighted by molar-refractivity contribution is 0.0729. The number of aryl methyl sites for hydroxylation is 1. The number of ether oxygens (including phenoxy) is 2. The topological polar surface area (TPSA) is 52.6 Å². The van der Waals surface area contributed by atoms with Gasteiger partial charge in [-0.3, -0.25) is 4.79 Å². The molecule has 0 bridgehead atoms. The Kier molecular flexibility index (Phi) is 6.02. The molecule has 0 saturated carbocycles. The van der Waals surface area contributed by atoms with E-state index in [1.807, 2.05) is 37.3 Å². The number of hydrogen-bond acceptors (Lipinski definition) is 4. The number of benzene rings is 3. The lowest BCUT2D eigenvalue weighted by Crippen LogP contribution is -2.09. The first-order valence-corrected chi connectivity index (χ1v) is 8.81. The van der Waals surface area contributed by atoms with Crippen molar-refractivity contribution in [3.05, 3.63) is 101 Å². The molecule has 0 saturated heterocycles. The Morgan fingerprint density at radius 3 is 2.21 bits per heavy atom. The highest BCUT2D eigenvalue weighted by atomic mass is 16.6. The van der Waals surface area contributed by atoms with Crippen LogP contribution in [0.4, 0.5) is 0 Å². The van der Waals surface area contributed by atoms with Crippen LogP contribution in [0.5, 0.6) is 11.5 Å². The van der Waals surface area contributed by atoms with E-state index in [0.717, 1.165) is 11.1 Å². The second-order valence-electron chi connectivity index (χ2n) is 6.23. The van der Waals surface area contributed by atoms with Crippen molar-refractivity contribution >= 4 is 17.8 Å². The lowest BCUT2D eigenvalue weighted by atomic mass is 10.1. The second kappa shape index (κ2) is 8.82. The van der Waals surface area contributed by atoms with Gasteiger partial charge >= 0.3 is 5.97 Å². The standard InChI is InChI=1S/C24H20O4/c1-17-8-12-20(13-9-17)24(26)28-22-15-11-18(16-23(22)27-2)10-14-21(25)19-6-4-3-5-7-19/h3-16H,1-2H3/b14-10+. The second-order valence-corrected chi connectivity index (χ2v) is 6.23. The Hall–Kier alpha value is -3.66. The summed E-state index contributed by atoms with van der Waals surface area (Å²) in [5, 5.41) is 0. The molecular formula is C24H20O4. The van der Waals surface area contributed by atoms with E-state index in [0.29, 0.717) is 22.6 Å². The average molecular weight is 372 g/mol. The number of hydrogen-bond donors (Lipinski definition) is 0. The summed E-state index contributed by atoms with van der Waals surface area (Å²) in [6, 6.07) is 21.3. The summed E-state index contributed by atoms with van der Waals surface area (Å²) in [6.07, 6.45) is 3.20. The van der Waals surface area contributed by atoms with Crippen molar-refractivity contribution in [1.29, 1.82) is 0 Å². The summed E-state index contributed by atoms with van der Waals surface area (Å²) < 4.78 is 10.8. The van der Waals surface area contributed by atoms with Crippen LogP contribution >= 0.6 is 0 Å². The molecule has 4 nitrogen and oxygen atoms in total. The van der Waals surface area contributed by atoms with Crippen LogP contribution in [0, 0.1) is 6.92 Å². The smallest absolute Gasteiger partial charge is 0.343 e. The molecule has 0 heterocycles. The predicted octanol–water partition coefficient (Wildman–Crippen LogP) is 5.12. The van der Waals surface area contributed by atoms with Gasteiger partial charge in [0.05, 0.1) is 12.7 Å². The zero-order valence-corrected chi connectivity index (χ0v) is 15.7. The summed E-state index contributed by atoms with van der Waals surface area (Å²) in [4.78, 5) is 24.5. The monoisotopic (exact) mass is 372 g/mol. The Bertz CT molecular complexity index is 1000. The van der Waals surface area contributed by atoms with Crippen molar-refractivity contribution in [3.8, 4) is 11.5 Å². The molecular weight excluding hydrogens is 352 g/mol. The minimum atomic E-state index is -0.458. The van der Waals surface area contributed by atoms with Crippen LogP contribution in [0.1, 0.15) is 31.8 Å². The average Bonchev–Trinajstić information content (AvgIpc) is 2.73. The van der Waals surface area contributed by atoms with Gasteiger partial charge in [0.25, 0.3) is 0 Å². The highest BCUT2D eigenvalue weighted by Crippen LogP contribution is 2.29. The zero-order chi connectivity index (χ0) is 19.9. The molecule has 0 amide bonds. The van der Waals surface area contributed by atoms with Crippen molar-refractivity contribution < 1.29 is 19.1 Å². The number of carbonyl (C=O) groups is 2. The Morgan fingerprint density at radius 1 is 0.821 bits per heavy atom. The fourth-order valence-electron chi connectivity index (χ4n) is 2.59. The van der Waals surface area contributed by atoms with Crippen LogP contribution in [-0.4, -0.2) is 18.9 Å². The van der Waals surface area contributed by atoms with Crippen LogP contribution < -0.4 is 9.47 Å². The van der Waals surface area contributed by atoms with E-state index in [4.69, 9.17) is 9.47 Å². The third-order valence-electron chi connectivity index (χ3n) is 4.16. The van der Waals surface area contributed by atoms with E-state index in [1.165, 1.54) is 13.2 Å². The number of carbonyl (C=O) groups excluding carboxylic acids is 2. The molecule has 4 heteroatoms. The van der Waals surface area contributed by atoms with Crippen molar-refractivity contribution in [1.82, 2.24) is 0 Å². The lowest BCUT2D eigenvalue weighted by Gasteiger charge is -2.10. The molecule has 0 radical (unpaired) electrons. The quantitative estimate of drug-likeness (QED) is 0.261. The normalized spacial score (nSPS) is 10.6. The predicted molar refractivity (Wildman–Crippen MR) is 109 cm³/mol. The van der Waals surface area contributed by atoms with Gasteiger partial charge in [-0.25, -0.2) is 4.79 Å². The van der Waals surface area contributed by atoms with E-state index in [2.05, 4.69) is 0 Å². The third-order valence-corrected chi connectivity index (χ3v) is 4.16. The van der Waals surface area contributed by atoms with Crippen LogP contribution in [0.2, 0.25) is 0 Å². The molecule has 3 rings (SSSR count). The maximum Gasteiger partial charge on any atom is 0.343 e. The Labute approximate surface area is 164 Å². The SMILES string of the molecule is COc1cc(/C=C/C(=O)c2ccccc2)ccc1OC(=O)c1ccc(C)cc1. The first kappa shape index (κ1) is 19.1. The molecule has 28 heavy (non-hydrogen) atoms. The Morgan fingerprint density at radius 2 is 1.54 bits per heavy atom. The van der Waals surface area contributed by atoms with Gasteiger partial charge in [-0.2, -0.15) is 0 Å². The van der Waals surface area contributed by atoms with Crippen LogP contribution in [0.3, 0.4) is 0 Å². The van der Waals surface area contributed by atoms with E-state index in [1.54, 1.807) is 48.5 Å². The molecule has 0 fully saturated rings. The highest BCUT2D eigenvalue weighted by molar-refractivity contribution is 6.06. The van der Waals surface area contributed by atoms with Crippen molar-refractivity contribution in [3.63, 3.8) is 0 Å². The zero-order valence-electron chi connectivity index (χ0n) is 15.7. The molecule has 0 aromatic heterocycles. The first-order chi connectivity index (χ1) is 13.6. The van der Waals surface area contributed by atoms with Gasteiger partial charge in [-0.1, -0.05) is 60.2 Å². The van der Waals surface area contributed by atoms with Gasteiger partial charge in [0.1, 0.15) is 0 Å². The summed E-state index contributed by atoms with van der Waals surface area (Å²) in [6.45, 7) is 1.95. The third kappa shape index (κ3) is 4.74. The largest absolute Gasteiger partial charge is 0.493 e.